The van der Waals surface area contributed by atoms with E-state index in [0.29, 0.717) is 0 Å². The van der Waals surface area contributed by atoms with Gasteiger partial charge in [0.2, 0.25) is 0 Å². The average molecular weight is 326 g/mol. The fraction of sp³-hybridized carbons (Fsp3) is 0.417. The Morgan fingerprint density at radius 3 is 2.24 bits per heavy atom. The zero-order valence-corrected chi connectivity index (χ0v) is 12.5. The van der Waals surface area contributed by atoms with Crippen molar-refractivity contribution < 1.29 is 36.3 Å². The number of ether oxygens (including phenoxy) is 1. The van der Waals surface area contributed by atoms with Crippen molar-refractivity contribution in [3.8, 4) is 5.75 Å². The standard InChI is InChI=1S/C12H14F3O5P/c1-8(16)20-11-5-4-10(12(13,14)15)6-9(11)7-21(17,18-2)19-3/h4-6H,7H2,1-3H3. The van der Waals surface area contributed by atoms with Crippen LogP contribution in [0.3, 0.4) is 0 Å². The molecule has 0 amide bonds. The molecule has 1 aromatic rings. The molecule has 5 nitrogen and oxygen atoms in total. The zero-order chi connectivity index (χ0) is 16.3. The number of hydrogen-bond donors (Lipinski definition) is 0. The van der Waals surface area contributed by atoms with Crippen LogP contribution in [0.25, 0.3) is 0 Å². The summed E-state index contributed by atoms with van der Waals surface area (Å²) in [6.07, 6.45) is -5.03. The van der Waals surface area contributed by atoms with Crippen LogP contribution < -0.4 is 4.74 Å². The van der Waals surface area contributed by atoms with Crippen molar-refractivity contribution in [2.45, 2.75) is 19.3 Å². The first-order valence-corrected chi connectivity index (χ1v) is 7.43. The van der Waals surface area contributed by atoms with E-state index in [1.165, 1.54) is 0 Å². The molecule has 0 saturated carbocycles. The third-order valence-electron chi connectivity index (χ3n) is 2.56. The van der Waals surface area contributed by atoms with E-state index in [4.69, 9.17) is 4.74 Å². The second-order valence-electron chi connectivity index (χ2n) is 4.05. The molecule has 0 bridgehead atoms. The Balaban J connectivity index is 3.29. The van der Waals surface area contributed by atoms with E-state index in [2.05, 4.69) is 9.05 Å². The van der Waals surface area contributed by atoms with Crippen molar-refractivity contribution in [3.63, 3.8) is 0 Å². The van der Waals surface area contributed by atoms with Gasteiger partial charge >= 0.3 is 19.7 Å². The van der Waals surface area contributed by atoms with Gasteiger partial charge in [0, 0.05) is 26.7 Å². The van der Waals surface area contributed by atoms with Crippen molar-refractivity contribution in [1.82, 2.24) is 0 Å². The summed E-state index contributed by atoms with van der Waals surface area (Å²) < 4.78 is 64.4. The highest BCUT2D eigenvalue weighted by Gasteiger charge is 2.33. The van der Waals surface area contributed by atoms with Crippen molar-refractivity contribution in [2.75, 3.05) is 14.2 Å². The minimum atomic E-state index is -4.58. The Hall–Kier alpha value is -1.37. The molecule has 0 heterocycles. The highest BCUT2D eigenvalue weighted by atomic mass is 31.2. The summed E-state index contributed by atoms with van der Waals surface area (Å²) in [4.78, 5) is 11.0. The lowest BCUT2D eigenvalue weighted by Crippen LogP contribution is -2.09. The van der Waals surface area contributed by atoms with Crippen LogP contribution in [0.1, 0.15) is 18.1 Å². The number of benzene rings is 1. The van der Waals surface area contributed by atoms with E-state index >= 15 is 0 Å². The first-order valence-electron chi connectivity index (χ1n) is 5.70. The van der Waals surface area contributed by atoms with Gasteiger partial charge in [-0.3, -0.25) is 9.36 Å². The molecule has 0 unspecified atom stereocenters. The molecule has 0 aliphatic heterocycles. The van der Waals surface area contributed by atoms with Crippen LogP contribution >= 0.6 is 7.60 Å². The molecule has 118 valence electrons. The molecule has 0 radical (unpaired) electrons. The Morgan fingerprint density at radius 1 is 1.24 bits per heavy atom. The predicted molar refractivity (Wildman–Crippen MR) is 68.1 cm³/mol. The molecular formula is C12H14F3O5P. The van der Waals surface area contributed by atoms with Crippen LogP contribution in [0, 0.1) is 0 Å². The maximum absolute atomic E-state index is 12.7. The van der Waals surface area contributed by atoms with Crippen LogP contribution in [0.4, 0.5) is 13.2 Å². The largest absolute Gasteiger partial charge is 0.426 e. The van der Waals surface area contributed by atoms with Crippen molar-refractivity contribution in [2.24, 2.45) is 0 Å². The number of rotatable bonds is 5. The molecule has 0 N–H and O–H groups in total. The Labute approximate surface area is 119 Å². The molecule has 1 rings (SSSR count). The predicted octanol–water partition coefficient (Wildman–Crippen LogP) is 3.62. The highest BCUT2D eigenvalue weighted by molar-refractivity contribution is 7.52. The van der Waals surface area contributed by atoms with Gasteiger partial charge in [0.15, 0.2) is 0 Å². The lowest BCUT2D eigenvalue weighted by atomic mass is 10.1. The number of alkyl halides is 3. The van der Waals surface area contributed by atoms with Gasteiger partial charge in [-0.25, -0.2) is 0 Å². The smallest absolute Gasteiger partial charge is 0.416 e. The normalized spacial score (nSPS) is 12.3. The van der Waals surface area contributed by atoms with Crippen molar-refractivity contribution in [3.05, 3.63) is 29.3 Å². The summed E-state index contributed by atoms with van der Waals surface area (Å²) in [5, 5.41) is 0. The zero-order valence-electron chi connectivity index (χ0n) is 11.6. The van der Waals surface area contributed by atoms with Gasteiger partial charge in [0.05, 0.1) is 11.7 Å². The Bertz CT molecular complexity index is 563. The third kappa shape index (κ3) is 4.84. The molecule has 21 heavy (non-hydrogen) atoms. The molecule has 0 atom stereocenters. The molecule has 0 spiro atoms. The summed E-state index contributed by atoms with van der Waals surface area (Å²) >= 11 is 0. The molecule has 0 fully saturated rings. The number of carbonyl (C=O) groups excluding carboxylic acids is 1. The van der Waals surface area contributed by atoms with Gasteiger partial charge in [0.25, 0.3) is 0 Å². The summed E-state index contributed by atoms with van der Waals surface area (Å²) in [5.74, 6) is -0.828. The number of esters is 1. The van der Waals surface area contributed by atoms with E-state index in [9.17, 15) is 22.5 Å². The van der Waals surface area contributed by atoms with Gasteiger partial charge in [-0.2, -0.15) is 13.2 Å². The summed E-state index contributed by atoms with van der Waals surface area (Å²) in [6, 6.07) is 2.52. The van der Waals surface area contributed by atoms with Gasteiger partial charge in [-0.15, -0.1) is 0 Å². The molecular weight excluding hydrogens is 312 g/mol. The van der Waals surface area contributed by atoms with E-state index in [0.717, 1.165) is 39.3 Å². The van der Waals surface area contributed by atoms with Gasteiger partial charge in [0.1, 0.15) is 5.75 Å². The first-order chi connectivity index (χ1) is 9.61. The SMILES string of the molecule is COP(=O)(Cc1cc(C(F)(F)F)ccc1OC(C)=O)OC. The fourth-order valence-electron chi connectivity index (χ4n) is 1.55. The lowest BCUT2D eigenvalue weighted by Gasteiger charge is -2.17. The van der Waals surface area contributed by atoms with Crippen LogP contribution in [-0.4, -0.2) is 20.2 Å². The van der Waals surface area contributed by atoms with E-state index in [1.807, 2.05) is 0 Å². The highest BCUT2D eigenvalue weighted by Crippen LogP contribution is 2.51. The Morgan fingerprint density at radius 2 is 1.81 bits per heavy atom. The summed E-state index contributed by atoms with van der Waals surface area (Å²) in [7, 11) is -1.38. The molecule has 0 saturated heterocycles. The fourth-order valence-corrected chi connectivity index (χ4v) is 2.62. The van der Waals surface area contributed by atoms with Gasteiger partial charge in [-0.1, -0.05) is 0 Å². The van der Waals surface area contributed by atoms with Crippen LogP contribution in [0.15, 0.2) is 18.2 Å². The van der Waals surface area contributed by atoms with Crippen LogP contribution in [0.2, 0.25) is 0 Å². The quantitative estimate of drug-likeness (QED) is 0.470. The van der Waals surface area contributed by atoms with Gasteiger partial charge < -0.3 is 13.8 Å². The molecule has 0 aliphatic rings. The topological polar surface area (TPSA) is 61.8 Å². The van der Waals surface area contributed by atoms with E-state index in [1.54, 1.807) is 0 Å². The average Bonchev–Trinajstić information content (AvgIpc) is 2.38. The van der Waals surface area contributed by atoms with Crippen LogP contribution in [0.5, 0.6) is 5.75 Å². The number of carbonyl (C=O) groups is 1. The van der Waals surface area contributed by atoms with Crippen molar-refractivity contribution >= 4 is 13.6 Å². The molecule has 1 aromatic carbocycles. The lowest BCUT2D eigenvalue weighted by molar-refractivity contribution is -0.137. The maximum atomic E-state index is 12.7. The minimum absolute atomic E-state index is 0.0907. The summed E-state index contributed by atoms with van der Waals surface area (Å²) in [5.41, 5.74) is -1.04. The van der Waals surface area contributed by atoms with Gasteiger partial charge in [-0.05, 0) is 18.2 Å². The second kappa shape index (κ2) is 6.60. The first kappa shape index (κ1) is 17.7. The summed E-state index contributed by atoms with van der Waals surface area (Å²) in [6.45, 7) is 1.10. The van der Waals surface area contributed by atoms with Crippen molar-refractivity contribution in [1.29, 1.82) is 0 Å². The Kier molecular flexibility index (Phi) is 5.55. The van der Waals surface area contributed by atoms with Crippen LogP contribution in [-0.2, 0) is 30.7 Å². The monoisotopic (exact) mass is 326 g/mol. The number of hydrogen-bond acceptors (Lipinski definition) is 5. The van der Waals surface area contributed by atoms with E-state index < -0.39 is 31.5 Å². The third-order valence-corrected chi connectivity index (χ3v) is 4.40. The molecule has 0 aromatic heterocycles. The second-order valence-corrected chi connectivity index (χ2v) is 6.32. The molecule has 9 heteroatoms. The maximum Gasteiger partial charge on any atom is 0.416 e. The molecule has 0 aliphatic carbocycles. The number of halogens is 3. The van der Waals surface area contributed by atoms with E-state index in [-0.39, 0.29) is 11.3 Å². The minimum Gasteiger partial charge on any atom is -0.426 e.